The van der Waals surface area contributed by atoms with Crippen LogP contribution < -0.4 is 5.32 Å². The van der Waals surface area contributed by atoms with E-state index in [1.54, 1.807) is 0 Å². The Morgan fingerprint density at radius 1 is 1.22 bits per heavy atom. The van der Waals surface area contributed by atoms with Crippen molar-refractivity contribution in [2.75, 3.05) is 26.3 Å². The average molecular weight is 505 g/mol. The molecule has 4 bridgehead atoms. The van der Waals surface area contributed by atoms with Gasteiger partial charge in [-0.25, -0.2) is 4.79 Å². The Labute approximate surface area is 212 Å². The van der Waals surface area contributed by atoms with Gasteiger partial charge in [0, 0.05) is 30.8 Å². The predicted molar refractivity (Wildman–Crippen MR) is 129 cm³/mol. The zero-order valence-electron chi connectivity index (χ0n) is 21.6. The summed E-state index contributed by atoms with van der Waals surface area (Å²) in [6.45, 7) is 6.22. The highest BCUT2D eigenvalue weighted by molar-refractivity contribution is 5.93. The Kier molecular flexibility index (Phi) is 5.84. The van der Waals surface area contributed by atoms with Gasteiger partial charge in [0.05, 0.1) is 18.7 Å². The van der Waals surface area contributed by atoms with Crippen molar-refractivity contribution in [1.82, 2.24) is 10.2 Å². The number of piperidine rings is 1. The molecule has 0 aromatic heterocycles. The van der Waals surface area contributed by atoms with E-state index < -0.39 is 35.8 Å². The van der Waals surface area contributed by atoms with E-state index >= 15 is 0 Å². The van der Waals surface area contributed by atoms with Gasteiger partial charge < -0.3 is 14.7 Å². The van der Waals surface area contributed by atoms with Gasteiger partial charge in [-0.05, 0) is 86.5 Å². The van der Waals surface area contributed by atoms with Crippen LogP contribution in [0.4, 0.5) is 9.18 Å². The summed E-state index contributed by atoms with van der Waals surface area (Å²) >= 11 is 0. The van der Waals surface area contributed by atoms with E-state index in [4.69, 9.17) is 4.74 Å². The summed E-state index contributed by atoms with van der Waals surface area (Å²) in [5, 5.41) is 14.2. The first kappa shape index (κ1) is 24.8. The van der Waals surface area contributed by atoms with Gasteiger partial charge in [0.2, 0.25) is 5.91 Å². The van der Waals surface area contributed by atoms with Crippen molar-refractivity contribution in [3.8, 4) is 0 Å². The molecule has 2 aliphatic heterocycles. The first-order chi connectivity index (χ1) is 17.1. The number of carbonyl (C=O) groups excluding carboxylic acids is 3. The molecule has 8 heteroatoms. The third kappa shape index (κ3) is 3.45. The van der Waals surface area contributed by atoms with Gasteiger partial charge in [-0.15, -0.1) is 0 Å². The SMILES string of the molecule is C[C@H]1[C@H](O)[C@](C)(CCCF)C[C@@H](OC(=O)NC(=O)[C@H]2CN3CC[C@@H]2C3)[C@]23C[C@@H]2CCC12CCC(=O)C23. The quantitative estimate of drug-likeness (QED) is 0.595. The molecule has 4 saturated carbocycles. The van der Waals surface area contributed by atoms with Crippen molar-refractivity contribution in [1.29, 1.82) is 0 Å². The summed E-state index contributed by atoms with van der Waals surface area (Å²) in [5.41, 5.74) is -1.36. The molecule has 2 heterocycles. The lowest BCUT2D eigenvalue weighted by atomic mass is 9.50. The van der Waals surface area contributed by atoms with Gasteiger partial charge in [-0.3, -0.25) is 19.3 Å². The molecule has 200 valence electrons. The van der Waals surface area contributed by atoms with Crippen LogP contribution in [0.15, 0.2) is 0 Å². The van der Waals surface area contributed by atoms with Crippen LogP contribution in [0.5, 0.6) is 0 Å². The van der Waals surface area contributed by atoms with Gasteiger partial charge in [-0.1, -0.05) is 13.8 Å². The van der Waals surface area contributed by atoms with Crippen molar-refractivity contribution in [3.63, 3.8) is 0 Å². The monoisotopic (exact) mass is 504 g/mol. The Hall–Kier alpha value is -1.54. The molecule has 6 fully saturated rings. The highest BCUT2D eigenvalue weighted by Crippen LogP contribution is 2.77. The van der Waals surface area contributed by atoms with Crippen LogP contribution in [0, 0.1) is 45.8 Å². The molecule has 2 saturated heterocycles. The fourth-order valence-electron chi connectivity index (χ4n) is 9.86. The molecule has 11 atom stereocenters. The smallest absolute Gasteiger partial charge is 0.414 e. The molecule has 3 unspecified atom stereocenters. The lowest BCUT2D eigenvalue weighted by molar-refractivity contribution is -0.165. The summed E-state index contributed by atoms with van der Waals surface area (Å²) in [6.07, 6.45) is 4.17. The third-order valence-corrected chi connectivity index (χ3v) is 11.8. The predicted octanol–water partition coefficient (Wildman–Crippen LogP) is 3.48. The number of carbonyl (C=O) groups is 3. The highest BCUT2D eigenvalue weighted by atomic mass is 19.1. The normalized spacial score (nSPS) is 50.6. The van der Waals surface area contributed by atoms with E-state index in [2.05, 4.69) is 17.1 Å². The Morgan fingerprint density at radius 3 is 2.72 bits per heavy atom. The number of amides is 2. The van der Waals surface area contributed by atoms with Crippen molar-refractivity contribution in [2.24, 2.45) is 45.8 Å². The van der Waals surface area contributed by atoms with Crippen LogP contribution in [-0.2, 0) is 14.3 Å². The van der Waals surface area contributed by atoms with Crippen LogP contribution in [0.2, 0.25) is 0 Å². The van der Waals surface area contributed by atoms with Gasteiger partial charge in [0.15, 0.2) is 0 Å². The number of ether oxygens (including phenoxy) is 1. The minimum absolute atomic E-state index is 0.0823. The number of hydrogen-bond acceptors (Lipinski definition) is 6. The van der Waals surface area contributed by atoms with E-state index in [1.165, 1.54) is 0 Å². The molecule has 0 radical (unpaired) electrons. The number of aliphatic hydroxyl groups excluding tert-OH is 1. The molecule has 2 amide bonds. The van der Waals surface area contributed by atoms with E-state index in [1.807, 2.05) is 6.92 Å². The maximum atomic E-state index is 13.4. The van der Waals surface area contributed by atoms with Gasteiger partial charge >= 0.3 is 6.09 Å². The van der Waals surface area contributed by atoms with Crippen molar-refractivity contribution in [3.05, 3.63) is 0 Å². The largest absolute Gasteiger partial charge is 0.445 e. The number of Topliss-reactive ketones (excluding diaryl/α,β-unsaturated/α-hetero) is 1. The van der Waals surface area contributed by atoms with Crippen LogP contribution in [0.25, 0.3) is 0 Å². The summed E-state index contributed by atoms with van der Waals surface area (Å²) in [7, 11) is 0. The molecule has 4 aliphatic carbocycles. The maximum Gasteiger partial charge on any atom is 0.414 e. The average Bonchev–Trinajstić information content (AvgIpc) is 3.13. The minimum Gasteiger partial charge on any atom is -0.445 e. The van der Waals surface area contributed by atoms with Crippen LogP contribution in [0.3, 0.4) is 0 Å². The third-order valence-electron chi connectivity index (χ3n) is 11.8. The van der Waals surface area contributed by atoms with Crippen LogP contribution in [-0.4, -0.2) is 66.3 Å². The minimum atomic E-state index is -0.736. The first-order valence-electron chi connectivity index (χ1n) is 14.2. The second-order valence-electron chi connectivity index (χ2n) is 13.4. The van der Waals surface area contributed by atoms with E-state index in [0.29, 0.717) is 44.1 Å². The molecule has 0 aromatic carbocycles. The Balaban J connectivity index is 1.29. The fourth-order valence-corrected chi connectivity index (χ4v) is 9.86. The first-order valence-corrected chi connectivity index (χ1v) is 14.2. The van der Waals surface area contributed by atoms with Crippen LogP contribution in [0.1, 0.15) is 71.6 Å². The Bertz CT molecular complexity index is 960. The number of hydrogen-bond donors (Lipinski definition) is 2. The molecular formula is C28H41FN2O5. The number of nitrogens with one attached hydrogen (secondary N) is 1. The number of fused-ring (bicyclic) bond motifs is 2. The molecule has 0 aromatic rings. The number of ketones is 1. The van der Waals surface area contributed by atoms with E-state index in [-0.39, 0.29) is 34.9 Å². The summed E-state index contributed by atoms with van der Waals surface area (Å²) < 4.78 is 19.4. The summed E-state index contributed by atoms with van der Waals surface area (Å²) in [6, 6.07) is 0. The number of rotatable bonds is 5. The number of aliphatic hydroxyl groups is 1. The van der Waals surface area contributed by atoms with Crippen molar-refractivity contribution < 1.29 is 28.6 Å². The number of imide groups is 1. The number of alkyl carbamates (subject to hydrolysis) is 1. The number of halogens is 1. The van der Waals surface area contributed by atoms with Gasteiger partial charge in [0.1, 0.15) is 11.9 Å². The maximum absolute atomic E-state index is 13.4. The zero-order valence-corrected chi connectivity index (χ0v) is 21.6. The standard InChI is InChI=1S/C28H41FN2O5/c1-16-23(33)26(2,7-3-10-29)13-21(28-12-18(28)4-8-27(16)9-5-20(32)22(27)28)36-25(35)30-24(34)19-15-31-11-6-17(19)14-31/h16-19,21-23,33H,3-15H2,1-2H3,(H,30,34,35)/t16-,17+,18-,19-,21+,22?,23-,26+,27?,28-/m0/s1. The number of nitrogens with zero attached hydrogens (tertiary/aromatic N) is 1. The molecule has 2 N–H and O–H groups in total. The van der Waals surface area contributed by atoms with Gasteiger partial charge in [0.25, 0.3) is 0 Å². The zero-order chi connectivity index (χ0) is 25.5. The molecule has 6 aliphatic rings. The second-order valence-corrected chi connectivity index (χ2v) is 13.4. The Morgan fingerprint density at radius 2 is 2.03 bits per heavy atom. The van der Waals surface area contributed by atoms with Crippen molar-refractivity contribution >= 4 is 17.8 Å². The molecule has 7 nitrogen and oxygen atoms in total. The molecule has 36 heavy (non-hydrogen) atoms. The lowest BCUT2D eigenvalue weighted by Gasteiger charge is -2.56. The van der Waals surface area contributed by atoms with Gasteiger partial charge in [-0.2, -0.15) is 0 Å². The second kappa shape index (κ2) is 8.48. The summed E-state index contributed by atoms with van der Waals surface area (Å²) in [5.74, 6) is 0.0916. The molecule has 1 spiro atoms. The summed E-state index contributed by atoms with van der Waals surface area (Å²) in [4.78, 5) is 41.8. The molecule has 6 rings (SSSR count). The highest BCUT2D eigenvalue weighted by Gasteiger charge is 2.77. The lowest BCUT2D eigenvalue weighted by Crippen LogP contribution is -2.58. The number of alkyl halides is 1. The van der Waals surface area contributed by atoms with E-state index in [9.17, 15) is 23.9 Å². The fraction of sp³-hybridized carbons (Fsp3) is 0.893. The topological polar surface area (TPSA) is 95.9 Å². The van der Waals surface area contributed by atoms with Crippen molar-refractivity contribution in [2.45, 2.75) is 83.8 Å². The molecular weight excluding hydrogens is 463 g/mol. The van der Waals surface area contributed by atoms with Crippen LogP contribution >= 0.6 is 0 Å². The van der Waals surface area contributed by atoms with E-state index in [0.717, 1.165) is 45.2 Å².